The first-order chi connectivity index (χ1) is 9.67. The van der Waals surface area contributed by atoms with Crippen LogP contribution in [-0.2, 0) is 11.3 Å². The Balaban J connectivity index is 2.35. The second kappa shape index (κ2) is 6.97. The summed E-state index contributed by atoms with van der Waals surface area (Å²) in [7, 11) is 3.53. The van der Waals surface area contributed by atoms with Crippen molar-refractivity contribution in [2.24, 2.45) is 0 Å². The van der Waals surface area contributed by atoms with Crippen molar-refractivity contribution in [3.63, 3.8) is 0 Å². The molecule has 0 bridgehead atoms. The van der Waals surface area contributed by atoms with Crippen molar-refractivity contribution in [3.05, 3.63) is 52.0 Å². The quantitative estimate of drug-likeness (QED) is 0.877. The highest BCUT2D eigenvalue weighted by Gasteiger charge is 2.20. The minimum atomic E-state index is -0.240. The molecule has 2 rings (SSSR count). The minimum Gasteiger partial charge on any atom is -0.383 e. The van der Waals surface area contributed by atoms with Gasteiger partial charge >= 0.3 is 0 Å². The summed E-state index contributed by atoms with van der Waals surface area (Å²) in [6, 6.07) is 6.41. The number of rotatable bonds is 6. The van der Waals surface area contributed by atoms with Gasteiger partial charge in [0.05, 0.1) is 35.6 Å². The maximum absolute atomic E-state index is 13.1. The zero-order valence-electron chi connectivity index (χ0n) is 11.4. The molecule has 0 aliphatic rings. The van der Waals surface area contributed by atoms with Gasteiger partial charge in [-0.15, -0.1) is 0 Å². The Labute approximate surface area is 126 Å². The third-order valence-electron chi connectivity index (χ3n) is 3.11. The summed E-state index contributed by atoms with van der Waals surface area (Å²) in [6.45, 7) is 1.25. The number of ether oxygens (including phenoxy) is 1. The lowest BCUT2D eigenvalue weighted by atomic mass is 10.0. The van der Waals surface area contributed by atoms with Gasteiger partial charge < -0.3 is 10.1 Å². The molecule has 1 heterocycles. The second-order valence-corrected chi connectivity index (χ2v) is 5.22. The molecule has 6 heteroatoms. The van der Waals surface area contributed by atoms with Crippen molar-refractivity contribution >= 4 is 15.9 Å². The van der Waals surface area contributed by atoms with Gasteiger partial charge in [-0.2, -0.15) is 5.10 Å². The van der Waals surface area contributed by atoms with Crippen LogP contribution in [0.5, 0.6) is 0 Å². The molecule has 1 unspecified atom stereocenters. The van der Waals surface area contributed by atoms with Crippen LogP contribution in [0.3, 0.4) is 0 Å². The Bertz CT molecular complexity index is 556. The first-order valence-corrected chi connectivity index (χ1v) is 7.09. The van der Waals surface area contributed by atoms with Gasteiger partial charge in [-0.05, 0) is 40.7 Å². The fourth-order valence-electron chi connectivity index (χ4n) is 2.13. The Morgan fingerprint density at radius 1 is 1.40 bits per heavy atom. The predicted octanol–water partition coefficient (Wildman–Crippen LogP) is 2.74. The highest BCUT2D eigenvalue weighted by atomic mass is 79.9. The van der Waals surface area contributed by atoms with Gasteiger partial charge in [0.2, 0.25) is 0 Å². The summed E-state index contributed by atoms with van der Waals surface area (Å²) in [5.41, 5.74) is 1.98. The molecule has 0 amide bonds. The molecule has 108 valence electrons. The van der Waals surface area contributed by atoms with E-state index in [1.54, 1.807) is 25.4 Å². The van der Waals surface area contributed by atoms with E-state index in [2.05, 4.69) is 26.3 Å². The van der Waals surface area contributed by atoms with E-state index in [1.807, 2.05) is 11.7 Å². The number of benzene rings is 1. The Morgan fingerprint density at radius 3 is 2.70 bits per heavy atom. The van der Waals surface area contributed by atoms with Gasteiger partial charge in [-0.1, -0.05) is 12.1 Å². The summed E-state index contributed by atoms with van der Waals surface area (Å²) in [4.78, 5) is 0. The highest BCUT2D eigenvalue weighted by Crippen LogP contribution is 2.28. The van der Waals surface area contributed by atoms with Crippen LogP contribution in [0.4, 0.5) is 4.39 Å². The van der Waals surface area contributed by atoms with E-state index in [0.717, 1.165) is 15.7 Å². The maximum atomic E-state index is 13.1. The third-order valence-corrected chi connectivity index (χ3v) is 3.72. The molecule has 0 saturated carbocycles. The Kier molecular flexibility index (Phi) is 5.28. The van der Waals surface area contributed by atoms with Gasteiger partial charge in [0.1, 0.15) is 5.82 Å². The highest BCUT2D eigenvalue weighted by molar-refractivity contribution is 9.10. The molecule has 0 saturated heterocycles. The number of halogens is 2. The van der Waals surface area contributed by atoms with E-state index in [4.69, 9.17) is 4.74 Å². The number of aromatic nitrogens is 2. The van der Waals surface area contributed by atoms with Crippen LogP contribution in [0.2, 0.25) is 0 Å². The maximum Gasteiger partial charge on any atom is 0.123 e. The molecule has 1 atom stereocenters. The first-order valence-electron chi connectivity index (χ1n) is 6.30. The summed E-state index contributed by atoms with van der Waals surface area (Å²) < 4.78 is 21.0. The molecule has 2 aromatic rings. The average Bonchev–Trinajstić information content (AvgIpc) is 2.81. The first kappa shape index (κ1) is 15.2. The molecule has 0 radical (unpaired) electrons. The van der Waals surface area contributed by atoms with Crippen molar-refractivity contribution < 1.29 is 9.13 Å². The molecule has 4 nitrogen and oxygen atoms in total. The van der Waals surface area contributed by atoms with Gasteiger partial charge in [-0.3, -0.25) is 4.68 Å². The van der Waals surface area contributed by atoms with Crippen LogP contribution >= 0.6 is 15.9 Å². The van der Waals surface area contributed by atoms with Crippen molar-refractivity contribution in [2.75, 3.05) is 20.8 Å². The lowest BCUT2D eigenvalue weighted by Gasteiger charge is -2.19. The van der Waals surface area contributed by atoms with Crippen molar-refractivity contribution in [1.82, 2.24) is 15.1 Å². The summed E-state index contributed by atoms with van der Waals surface area (Å²) >= 11 is 3.52. The van der Waals surface area contributed by atoms with Gasteiger partial charge in [0, 0.05) is 7.11 Å². The average molecular weight is 342 g/mol. The lowest BCUT2D eigenvalue weighted by molar-refractivity contribution is 0.182. The van der Waals surface area contributed by atoms with Crippen LogP contribution in [0.15, 0.2) is 34.9 Å². The van der Waals surface area contributed by atoms with E-state index in [9.17, 15) is 4.39 Å². The van der Waals surface area contributed by atoms with E-state index in [-0.39, 0.29) is 11.9 Å². The number of hydrogen-bond donors (Lipinski definition) is 1. The van der Waals surface area contributed by atoms with Crippen LogP contribution < -0.4 is 5.32 Å². The Morgan fingerprint density at radius 2 is 2.10 bits per heavy atom. The fourth-order valence-corrected chi connectivity index (χ4v) is 2.66. The summed E-state index contributed by atoms with van der Waals surface area (Å²) in [5, 5.41) is 7.58. The largest absolute Gasteiger partial charge is 0.383 e. The Hall–Kier alpha value is -1.24. The van der Waals surface area contributed by atoms with E-state index in [0.29, 0.717) is 13.2 Å². The number of nitrogens with one attached hydrogen (secondary N) is 1. The molecule has 1 aromatic carbocycles. The minimum absolute atomic E-state index is 0.0654. The molecule has 20 heavy (non-hydrogen) atoms. The van der Waals surface area contributed by atoms with Crippen LogP contribution in [0, 0.1) is 5.82 Å². The zero-order valence-corrected chi connectivity index (χ0v) is 13.0. The van der Waals surface area contributed by atoms with E-state index < -0.39 is 0 Å². The SMILES string of the molecule is CNC(c1ccc(F)cc1)c1c(Br)cnn1CCOC. The topological polar surface area (TPSA) is 39.1 Å². The van der Waals surface area contributed by atoms with Crippen LogP contribution in [0.25, 0.3) is 0 Å². The zero-order chi connectivity index (χ0) is 14.5. The summed E-state index contributed by atoms with van der Waals surface area (Å²) in [5.74, 6) is -0.240. The van der Waals surface area contributed by atoms with Gasteiger partial charge in [0.15, 0.2) is 0 Å². The molecule has 1 aromatic heterocycles. The van der Waals surface area contributed by atoms with Crippen LogP contribution in [0.1, 0.15) is 17.3 Å². The number of nitrogens with zero attached hydrogens (tertiary/aromatic N) is 2. The molecule has 0 spiro atoms. The fraction of sp³-hybridized carbons (Fsp3) is 0.357. The van der Waals surface area contributed by atoms with E-state index in [1.165, 1.54) is 12.1 Å². The molecule has 1 N–H and O–H groups in total. The van der Waals surface area contributed by atoms with Crippen molar-refractivity contribution in [3.8, 4) is 0 Å². The number of methoxy groups -OCH3 is 1. The van der Waals surface area contributed by atoms with Crippen molar-refractivity contribution in [2.45, 2.75) is 12.6 Å². The molecule has 0 fully saturated rings. The normalized spacial score (nSPS) is 12.6. The predicted molar refractivity (Wildman–Crippen MR) is 79.1 cm³/mol. The van der Waals surface area contributed by atoms with E-state index >= 15 is 0 Å². The number of hydrogen-bond acceptors (Lipinski definition) is 3. The second-order valence-electron chi connectivity index (χ2n) is 4.37. The van der Waals surface area contributed by atoms with Crippen molar-refractivity contribution in [1.29, 1.82) is 0 Å². The molecule has 0 aliphatic heterocycles. The van der Waals surface area contributed by atoms with Gasteiger partial charge in [-0.25, -0.2) is 4.39 Å². The standard InChI is InChI=1S/C14H17BrFN3O/c1-17-13(10-3-5-11(16)6-4-10)14-12(15)9-18-19(14)7-8-20-2/h3-6,9,13,17H,7-8H2,1-2H3. The van der Waals surface area contributed by atoms with Gasteiger partial charge in [0.25, 0.3) is 0 Å². The summed E-state index contributed by atoms with van der Waals surface area (Å²) in [6.07, 6.45) is 1.76. The van der Waals surface area contributed by atoms with Crippen LogP contribution in [-0.4, -0.2) is 30.5 Å². The molecular weight excluding hydrogens is 325 g/mol. The molecule has 0 aliphatic carbocycles. The molecular formula is C14H17BrFN3O. The smallest absolute Gasteiger partial charge is 0.123 e. The third kappa shape index (κ3) is 3.26. The lowest BCUT2D eigenvalue weighted by Crippen LogP contribution is -2.23. The monoisotopic (exact) mass is 341 g/mol.